The summed E-state index contributed by atoms with van der Waals surface area (Å²) in [5, 5.41) is 0. The van der Waals surface area contributed by atoms with Crippen molar-refractivity contribution in [3.05, 3.63) is 29.8 Å². The van der Waals surface area contributed by atoms with Crippen LogP contribution in [0.4, 0.5) is 5.69 Å². The van der Waals surface area contributed by atoms with E-state index in [9.17, 15) is 8.42 Å². The van der Waals surface area contributed by atoms with Crippen LogP contribution in [-0.2, 0) is 14.9 Å². The highest BCUT2D eigenvalue weighted by atomic mass is 32.2. The molecule has 0 aromatic heterocycles. The highest BCUT2D eigenvalue weighted by molar-refractivity contribution is 7.90. The van der Waals surface area contributed by atoms with E-state index in [2.05, 4.69) is 4.72 Å². The van der Waals surface area contributed by atoms with Gasteiger partial charge in [0.2, 0.25) is 0 Å². The van der Waals surface area contributed by atoms with Crippen molar-refractivity contribution in [3.63, 3.8) is 0 Å². The minimum absolute atomic E-state index is 0.207. The van der Waals surface area contributed by atoms with Crippen LogP contribution in [0.5, 0.6) is 0 Å². The van der Waals surface area contributed by atoms with Gasteiger partial charge in [0.25, 0.3) is 0 Å². The van der Waals surface area contributed by atoms with Crippen molar-refractivity contribution in [2.45, 2.75) is 0 Å². The number of benzene rings is 1. The first kappa shape index (κ1) is 15.8. The second kappa shape index (κ2) is 6.80. The average molecular weight is 303 g/mol. The topological polar surface area (TPSA) is 84.7 Å². The molecule has 0 saturated heterocycles. The molecule has 0 aliphatic rings. The number of rotatable bonds is 7. The quantitative estimate of drug-likeness (QED) is 0.557. The van der Waals surface area contributed by atoms with Crippen LogP contribution in [-0.4, -0.2) is 40.7 Å². The lowest BCUT2D eigenvalue weighted by atomic mass is 10.2. The van der Waals surface area contributed by atoms with Crippen molar-refractivity contribution in [1.29, 1.82) is 0 Å². The van der Waals surface area contributed by atoms with Crippen LogP contribution in [0.2, 0.25) is 0 Å². The first-order valence-corrected chi connectivity index (χ1v) is 7.35. The van der Waals surface area contributed by atoms with Gasteiger partial charge in [-0.15, -0.1) is 0 Å². The molecule has 0 amide bonds. The van der Waals surface area contributed by atoms with Crippen LogP contribution in [0.15, 0.2) is 24.3 Å². The summed E-state index contributed by atoms with van der Waals surface area (Å²) in [6, 6.07) is 6.71. The Hall–Kier alpha value is -1.22. The second-order valence-electron chi connectivity index (χ2n) is 3.77. The molecule has 19 heavy (non-hydrogen) atoms. The van der Waals surface area contributed by atoms with E-state index < -0.39 is 10.2 Å². The predicted molar refractivity (Wildman–Crippen MR) is 79.5 cm³/mol. The van der Waals surface area contributed by atoms with Crippen LogP contribution in [0.1, 0.15) is 5.56 Å². The van der Waals surface area contributed by atoms with Gasteiger partial charge in [0.15, 0.2) is 0 Å². The molecule has 0 radical (unpaired) electrons. The number of hydrogen-bond donors (Lipinski definition) is 2. The molecule has 0 aliphatic carbocycles. The van der Waals surface area contributed by atoms with Gasteiger partial charge in [0, 0.05) is 26.3 Å². The van der Waals surface area contributed by atoms with Crippen molar-refractivity contribution in [2.24, 2.45) is 5.73 Å². The third kappa shape index (κ3) is 4.43. The van der Waals surface area contributed by atoms with Crippen molar-refractivity contribution < 1.29 is 13.2 Å². The number of nitrogens with zero attached hydrogens (tertiary/aromatic N) is 1. The molecule has 1 rings (SSSR count). The third-order valence-electron chi connectivity index (χ3n) is 2.45. The molecule has 0 heterocycles. The number of methoxy groups -OCH3 is 1. The fourth-order valence-corrected chi connectivity index (χ4v) is 2.42. The standard InChI is InChI=1S/C11H17N3O3S2/c1-14(19(15,16)13-6-7-17-2)10-5-3-4-9(8-10)11(12)18/h3-5,8,13H,6-7H2,1-2H3,(H2,12,18). The lowest BCUT2D eigenvalue weighted by Crippen LogP contribution is -2.39. The maximum atomic E-state index is 12.0. The first-order chi connectivity index (χ1) is 8.88. The molecular weight excluding hydrogens is 286 g/mol. The van der Waals surface area contributed by atoms with Crippen molar-refractivity contribution >= 4 is 33.1 Å². The summed E-state index contributed by atoms with van der Waals surface area (Å²) in [6.07, 6.45) is 0. The fraction of sp³-hybridized carbons (Fsp3) is 0.364. The predicted octanol–water partition coefficient (Wildman–Crippen LogP) is 0.238. The SMILES string of the molecule is COCCNS(=O)(=O)N(C)c1cccc(C(N)=S)c1. The van der Waals surface area contributed by atoms with Gasteiger partial charge in [-0.05, 0) is 12.1 Å². The molecule has 1 aromatic rings. The van der Waals surface area contributed by atoms with E-state index in [1.165, 1.54) is 14.2 Å². The van der Waals surface area contributed by atoms with Gasteiger partial charge in [-0.25, -0.2) is 0 Å². The fourth-order valence-electron chi connectivity index (χ4n) is 1.36. The van der Waals surface area contributed by atoms with E-state index in [0.717, 1.165) is 4.31 Å². The number of hydrogen-bond acceptors (Lipinski definition) is 4. The number of ether oxygens (including phenoxy) is 1. The first-order valence-electron chi connectivity index (χ1n) is 5.51. The average Bonchev–Trinajstić information content (AvgIpc) is 2.38. The largest absolute Gasteiger partial charge is 0.389 e. The smallest absolute Gasteiger partial charge is 0.301 e. The molecule has 6 nitrogen and oxygen atoms in total. The summed E-state index contributed by atoms with van der Waals surface area (Å²) in [7, 11) is -0.653. The van der Waals surface area contributed by atoms with Crippen LogP contribution >= 0.6 is 12.2 Å². The summed E-state index contributed by atoms with van der Waals surface area (Å²) in [4.78, 5) is 0.222. The Morgan fingerprint density at radius 3 is 2.79 bits per heavy atom. The summed E-state index contributed by atoms with van der Waals surface area (Å²) >= 11 is 4.87. The Bertz CT molecular complexity index is 546. The van der Waals surface area contributed by atoms with Gasteiger partial charge in [0.05, 0.1) is 12.3 Å². The number of anilines is 1. The number of nitrogens with one attached hydrogen (secondary N) is 1. The van der Waals surface area contributed by atoms with E-state index in [0.29, 0.717) is 17.9 Å². The lowest BCUT2D eigenvalue weighted by Gasteiger charge is -2.20. The monoisotopic (exact) mass is 303 g/mol. The molecule has 0 bridgehead atoms. The van der Waals surface area contributed by atoms with Crippen LogP contribution in [0.25, 0.3) is 0 Å². The number of nitrogens with two attached hydrogens (primary N) is 1. The zero-order chi connectivity index (χ0) is 14.5. The molecule has 0 saturated carbocycles. The molecule has 0 unspecified atom stereocenters. The van der Waals surface area contributed by atoms with Gasteiger partial charge >= 0.3 is 10.2 Å². The van der Waals surface area contributed by atoms with Crippen LogP contribution in [0.3, 0.4) is 0 Å². The lowest BCUT2D eigenvalue weighted by molar-refractivity contribution is 0.204. The highest BCUT2D eigenvalue weighted by Crippen LogP contribution is 2.17. The van der Waals surface area contributed by atoms with Crippen molar-refractivity contribution in [3.8, 4) is 0 Å². The summed E-state index contributed by atoms with van der Waals surface area (Å²) in [5.74, 6) is 0. The molecular formula is C11H17N3O3S2. The zero-order valence-corrected chi connectivity index (χ0v) is 12.4. The van der Waals surface area contributed by atoms with E-state index >= 15 is 0 Å². The summed E-state index contributed by atoms with van der Waals surface area (Å²) in [5.41, 5.74) is 6.62. The molecule has 106 valence electrons. The molecule has 0 aliphatic heterocycles. The number of thiocarbonyl (C=S) groups is 1. The van der Waals surface area contributed by atoms with Gasteiger partial charge in [-0.3, -0.25) is 4.31 Å². The highest BCUT2D eigenvalue weighted by Gasteiger charge is 2.17. The van der Waals surface area contributed by atoms with E-state index in [4.69, 9.17) is 22.7 Å². The second-order valence-corrected chi connectivity index (χ2v) is 6.00. The Balaban J connectivity index is 2.90. The molecule has 0 spiro atoms. The van der Waals surface area contributed by atoms with E-state index in [1.807, 2.05) is 0 Å². The van der Waals surface area contributed by atoms with Crippen molar-refractivity contribution in [2.75, 3.05) is 31.6 Å². The zero-order valence-electron chi connectivity index (χ0n) is 10.8. The molecule has 3 N–H and O–H groups in total. The Labute approximate surface area is 118 Å². The minimum atomic E-state index is -3.61. The maximum absolute atomic E-state index is 12.0. The molecule has 0 fully saturated rings. The van der Waals surface area contributed by atoms with Crippen LogP contribution < -0.4 is 14.8 Å². The van der Waals surface area contributed by atoms with Crippen LogP contribution in [0, 0.1) is 0 Å². The normalized spacial score (nSPS) is 11.3. The van der Waals surface area contributed by atoms with Gasteiger partial charge in [-0.2, -0.15) is 13.1 Å². The Morgan fingerprint density at radius 1 is 1.53 bits per heavy atom. The minimum Gasteiger partial charge on any atom is -0.389 e. The molecule has 1 aromatic carbocycles. The third-order valence-corrected chi connectivity index (χ3v) is 4.18. The molecule has 8 heteroatoms. The Kier molecular flexibility index (Phi) is 5.67. The van der Waals surface area contributed by atoms with Gasteiger partial charge in [-0.1, -0.05) is 24.4 Å². The van der Waals surface area contributed by atoms with Gasteiger partial charge < -0.3 is 10.5 Å². The molecule has 0 atom stereocenters. The summed E-state index contributed by atoms with van der Waals surface area (Å²) < 4.78 is 32.3. The van der Waals surface area contributed by atoms with E-state index in [1.54, 1.807) is 24.3 Å². The van der Waals surface area contributed by atoms with Crippen molar-refractivity contribution in [1.82, 2.24) is 4.72 Å². The Morgan fingerprint density at radius 2 is 2.21 bits per heavy atom. The van der Waals surface area contributed by atoms with Gasteiger partial charge in [0.1, 0.15) is 4.99 Å². The maximum Gasteiger partial charge on any atom is 0.301 e. The van der Waals surface area contributed by atoms with E-state index in [-0.39, 0.29) is 11.5 Å². The summed E-state index contributed by atoms with van der Waals surface area (Å²) in [6.45, 7) is 0.512.